The summed E-state index contributed by atoms with van der Waals surface area (Å²) >= 11 is 0. The van der Waals surface area contributed by atoms with E-state index in [-0.39, 0.29) is 59.1 Å². The zero-order chi connectivity index (χ0) is 35.8. The maximum atomic E-state index is 14.1. The molecule has 4 aliphatic carbocycles. The number of hydrogen-bond donors (Lipinski definition) is 4. The van der Waals surface area contributed by atoms with Gasteiger partial charge in [0.15, 0.2) is 0 Å². The number of piperazine rings is 1. The van der Waals surface area contributed by atoms with E-state index in [1.54, 1.807) is 6.92 Å². The maximum Gasteiger partial charge on any atom is 0.245 e. The predicted molar refractivity (Wildman–Crippen MR) is 195 cm³/mol. The van der Waals surface area contributed by atoms with Gasteiger partial charge >= 0.3 is 0 Å². The first kappa shape index (κ1) is 37.3. The fourth-order valence-corrected chi connectivity index (χ4v) is 11.4. The SMILES string of the molecule is CCC(=O)N[C@@H](Cc1ccccc1)C(=O)N[C@@H](CC(C)C)C(=O)N1CCN([C@H]2C[C@@]3(C)[C@@H](CC[C@@H]4[C@@H]3CC[C@]3(C)[C@@H](O)CC[C@@H]43)C[C@@H]2O)CC1. The molecule has 278 valence electrons. The Kier molecular flexibility index (Phi) is 11.4. The molecule has 1 aromatic rings. The summed E-state index contributed by atoms with van der Waals surface area (Å²) in [5, 5.41) is 28.4. The van der Waals surface area contributed by atoms with Gasteiger partial charge in [-0.05, 0) is 104 Å². The van der Waals surface area contributed by atoms with Crippen molar-refractivity contribution in [3.05, 3.63) is 35.9 Å². The van der Waals surface area contributed by atoms with Gasteiger partial charge in [-0.3, -0.25) is 19.3 Å². The van der Waals surface area contributed by atoms with E-state index in [1.807, 2.05) is 35.2 Å². The minimum Gasteiger partial charge on any atom is -0.393 e. The van der Waals surface area contributed by atoms with Crippen molar-refractivity contribution >= 4 is 17.7 Å². The van der Waals surface area contributed by atoms with Crippen molar-refractivity contribution in [2.45, 2.75) is 136 Å². The quantitative estimate of drug-likeness (QED) is 0.286. The highest BCUT2D eigenvalue weighted by atomic mass is 16.3. The van der Waals surface area contributed by atoms with Crippen LogP contribution in [0.25, 0.3) is 0 Å². The highest BCUT2D eigenvalue weighted by molar-refractivity contribution is 5.92. The van der Waals surface area contributed by atoms with Crippen LogP contribution < -0.4 is 10.6 Å². The fraction of sp³-hybridized carbons (Fsp3) is 0.780. The number of carbonyl (C=O) groups excluding carboxylic acids is 3. The molecule has 1 heterocycles. The maximum absolute atomic E-state index is 14.1. The van der Waals surface area contributed by atoms with Gasteiger partial charge in [-0.25, -0.2) is 0 Å². The second-order valence-electron chi connectivity index (χ2n) is 17.6. The van der Waals surface area contributed by atoms with E-state index in [9.17, 15) is 24.6 Å². The Balaban J connectivity index is 1.09. The normalized spacial score (nSPS) is 36.9. The van der Waals surface area contributed by atoms with E-state index in [1.165, 1.54) is 19.3 Å². The number of fused-ring (bicyclic) bond motifs is 5. The summed E-state index contributed by atoms with van der Waals surface area (Å²) in [5.41, 5.74) is 1.20. The molecular weight excluding hydrogens is 628 g/mol. The van der Waals surface area contributed by atoms with E-state index >= 15 is 0 Å². The van der Waals surface area contributed by atoms with E-state index in [2.05, 4.69) is 43.2 Å². The van der Waals surface area contributed by atoms with E-state index in [0.29, 0.717) is 62.7 Å². The summed E-state index contributed by atoms with van der Waals surface area (Å²) in [4.78, 5) is 44.4. The van der Waals surface area contributed by atoms with Crippen LogP contribution in [0.2, 0.25) is 0 Å². The zero-order valence-electron chi connectivity index (χ0n) is 31.3. The largest absolute Gasteiger partial charge is 0.393 e. The molecule has 0 spiro atoms. The fourth-order valence-electron chi connectivity index (χ4n) is 11.4. The summed E-state index contributed by atoms with van der Waals surface area (Å²) in [5.74, 6) is 2.08. The van der Waals surface area contributed by atoms with Crippen molar-refractivity contribution < 1.29 is 24.6 Å². The van der Waals surface area contributed by atoms with Crippen LogP contribution in [-0.2, 0) is 20.8 Å². The molecular formula is C41H64N4O5. The second kappa shape index (κ2) is 15.2. The topological polar surface area (TPSA) is 122 Å². The average molecular weight is 693 g/mol. The molecule has 5 fully saturated rings. The van der Waals surface area contributed by atoms with Crippen LogP contribution in [0.4, 0.5) is 0 Å². The minimum absolute atomic E-state index is 0.0673. The van der Waals surface area contributed by atoms with Gasteiger partial charge in [-0.1, -0.05) is 65.0 Å². The molecule has 3 amide bonds. The third-order valence-electron chi connectivity index (χ3n) is 14.3. The van der Waals surface area contributed by atoms with Gasteiger partial charge in [0.05, 0.1) is 12.2 Å². The number of hydrogen-bond acceptors (Lipinski definition) is 6. The Labute approximate surface area is 300 Å². The first-order valence-electron chi connectivity index (χ1n) is 19.9. The summed E-state index contributed by atoms with van der Waals surface area (Å²) in [7, 11) is 0. The van der Waals surface area contributed by atoms with Crippen molar-refractivity contribution in [3.8, 4) is 0 Å². The van der Waals surface area contributed by atoms with Crippen LogP contribution in [0.3, 0.4) is 0 Å². The lowest BCUT2D eigenvalue weighted by Crippen LogP contribution is -2.63. The van der Waals surface area contributed by atoms with Crippen molar-refractivity contribution in [3.63, 3.8) is 0 Å². The van der Waals surface area contributed by atoms with Gasteiger partial charge in [0.25, 0.3) is 0 Å². The zero-order valence-corrected chi connectivity index (χ0v) is 31.3. The molecule has 50 heavy (non-hydrogen) atoms. The molecule has 6 rings (SSSR count). The summed E-state index contributed by atoms with van der Waals surface area (Å²) in [6, 6.07) is 8.29. The lowest BCUT2D eigenvalue weighted by molar-refractivity contribution is -0.157. The molecule has 0 radical (unpaired) electrons. The van der Waals surface area contributed by atoms with Crippen molar-refractivity contribution in [1.82, 2.24) is 20.4 Å². The monoisotopic (exact) mass is 692 g/mol. The summed E-state index contributed by atoms with van der Waals surface area (Å²) in [6.45, 7) is 13.3. The molecule has 0 aromatic heterocycles. The van der Waals surface area contributed by atoms with Gasteiger partial charge in [-0.2, -0.15) is 0 Å². The molecule has 0 bridgehead atoms. The standard InChI is InChI=1S/C41H64N4O5/c1-6-37(48)42-32(23-27-10-8-7-9-11-27)38(49)43-33(22-26(2)3)39(50)45-20-18-44(19-21-45)34-25-41(5)28(24-35(34)46)12-13-29-30-14-15-36(47)40(30,4)17-16-31(29)41/h7-11,26,28-36,46-47H,6,12-25H2,1-5H3,(H,42,48)(H,43,49)/t28-,29-,30-,31-,32-,33-,34-,35-,36-,40-,41-/m0/s1. The van der Waals surface area contributed by atoms with E-state index in [4.69, 9.17) is 0 Å². The van der Waals surface area contributed by atoms with E-state index in [0.717, 1.165) is 37.7 Å². The first-order valence-corrected chi connectivity index (χ1v) is 19.9. The smallest absolute Gasteiger partial charge is 0.245 e. The number of amides is 3. The predicted octanol–water partition coefficient (Wildman–Crippen LogP) is 4.54. The lowest BCUT2D eigenvalue weighted by Gasteiger charge is -2.62. The molecule has 1 aliphatic heterocycles. The second-order valence-corrected chi connectivity index (χ2v) is 17.6. The van der Waals surface area contributed by atoms with Crippen LogP contribution >= 0.6 is 0 Å². The number of nitrogens with one attached hydrogen (secondary N) is 2. The van der Waals surface area contributed by atoms with Crippen LogP contribution in [0.1, 0.15) is 104 Å². The molecule has 9 heteroatoms. The minimum atomic E-state index is -0.766. The third kappa shape index (κ3) is 7.38. The Morgan fingerprint density at radius 3 is 2.26 bits per heavy atom. The molecule has 0 unspecified atom stereocenters. The number of rotatable bonds is 10. The highest BCUT2D eigenvalue weighted by Gasteiger charge is 2.61. The van der Waals surface area contributed by atoms with Gasteiger partial charge in [-0.15, -0.1) is 0 Å². The number of benzene rings is 1. The Bertz CT molecular complexity index is 1350. The van der Waals surface area contributed by atoms with Gasteiger partial charge in [0, 0.05) is 45.1 Å². The Hall–Kier alpha value is -2.49. The molecule has 1 saturated heterocycles. The van der Waals surface area contributed by atoms with Crippen LogP contribution in [0, 0.1) is 40.4 Å². The molecule has 4 N–H and O–H groups in total. The summed E-state index contributed by atoms with van der Waals surface area (Å²) < 4.78 is 0. The number of aliphatic hydroxyl groups is 2. The third-order valence-corrected chi connectivity index (χ3v) is 14.3. The Morgan fingerprint density at radius 1 is 0.880 bits per heavy atom. The molecule has 1 aromatic carbocycles. The van der Waals surface area contributed by atoms with Crippen molar-refractivity contribution in [1.29, 1.82) is 0 Å². The molecule has 4 saturated carbocycles. The van der Waals surface area contributed by atoms with Gasteiger partial charge in [0.2, 0.25) is 17.7 Å². The number of carbonyl (C=O) groups is 3. The van der Waals surface area contributed by atoms with Crippen molar-refractivity contribution in [2.24, 2.45) is 40.4 Å². The van der Waals surface area contributed by atoms with Gasteiger partial charge < -0.3 is 25.7 Å². The van der Waals surface area contributed by atoms with Crippen molar-refractivity contribution in [2.75, 3.05) is 26.2 Å². The highest BCUT2D eigenvalue weighted by Crippen LogP contribution is 2.66. The average Bonchev–Trinajstić information content (AvgIpc) is 3.41. The van der Waals surface area contributed by atoms with Crippen LogP contribution in [-0.4, -0.2) is 94.2 Å². The first-order chi connectivity index (χ1) is 23.8. The molecule has 11 atom stereocenters. The van der Waals surface area contributed by atoms with Gasteiger partial charge in [0.1, 0.15) is 12.1 Å². The van der Waals surface area contributed by atoms with Crippen LogP contribution in [0.15, 0.2) is 30.3 Å². The van der Waals surface area contributed by atoms with Crippen LogP contribution in [0.5, 0.6) is 0 Å². The van der Waals surface area contributed by atoms with E-state index < -0.39 is 12.1 Å². The Morgan fingerprint density at radius 2 is 1.58 bits per heavy atom. The molecule has 9 nitrogen and oxygen atoms in total. The summed E-state index contributed by atoms with van der Waals surface area (Å²) in [6.07, 6.45) is 9.30. The number of aliphatic hydroxyl groups excluding tert-OH is 2. The lowest BCUT2D eigenvalue weighted by atomic mass is 9.44. The molecule has 5 aliphatic rings. The number of nitrogens with zero attached hydrogens (tertiary/aromatic N) is 2.